The summed E-state index contributed by atoms with van der Waals surface area (Å²) in [6.07, 6.45) is 5.58. The number of halogens is 1. The molecule has 0 amide bonds. The topological polar surface area (TPSA) is 239 Å². The molecule has 0 radical (unpaired) electrons. The SMILES string of the molecule is COCCOc1ccc2c(OC(C)(C)C)cc(-c3csc(NC(C)C)n3)nc2c1.Cc1ccc2c(OC(C)(C)C)cc(-c3csc(NC(C)C)n3)nc2c1.Cc1ccc2c(OC(C)(C)C)cc(-c3csc(NC(C)C)n3)nc2c1Cl.Cc1ccc2c(OC(C)(C)C)cc(-n3ccc(C(C)C)n3)nc2c1.Cc1ccc2c(OC(C)(C)C)cc(-n3cccn3)nc2c1. The maximum Gasteiger partial charge on any atom is 0.183 e. The van der Waals surface area contributed by atoms with Crippen molar-refractivity contribution in [3.63, 3.8) is 0 Å². The molecule has 0 aliphatic heterocycles. The number of pyridine rings is 5. The fraction of sp³-hybridized carbons (Fsp3) is 0.394. The summed E-state index contributed by atoms with van der Waals surface area (Å²) in [4.78, 5) is 38.0. The molecule has 10 heterocycles. The first-order valence-corrected chi connectivity index (χ1v) is 45.4. The molecule has 125 heavy (non-hydrogen) atoms. The summed E-state index contributed by atoms with van der Waals surface area (Å²) >= 11 is 11.3. The molecule has 22 nitrogen and oxygen atoms in total. The first kappa shape index (κ1) is 94.6. The number of methoxy groups -OCH3 is 1. The van der Waals surface area contributed by atoms with Crippen molar-refractivity contribution >= 4 is 116 Å². The molecule has 0 spiro atoms. The first-order valence-electron chi connectivity index (χ1n) is 42.3. The number of nitrogens with zero attached hydrogens (tertiary/aromatic N) is 12. The molecule has 15 aromatic rings. The number of ether oxygens (including phenoxy) is 7. The van der Waals surface area contributed by atoms with E-state index in [-0.39, 0.29) is 28.0 Å². The van der Waals surface area contributed by atoms with Gasteiger partial charge in [0.15, 0.2) is 27.0 Å². The van der Waals surface area contributed by atoms with Crippen LogP contribution in [0, 0.1) is 27.7 Å². The quantitative estimate of drug-likeness (QED) is 0.0567. The Hall–Kier alpha value is -11.1. The zero-order valence-electron chi connectivity index (χ0n) is 77.6. The third-order valence-corrected chi connectivity index (χ3v) is 20.7. The lowest BCUT2D eigenvalue weighted by Crippen LogP contribution is -2.23. The van der Waals surface area contributed by atoms with Gasteiger partial charge in [-0.25, -0.2) is 49.2 Å². The van der Waals surface area contributed by atoms with Gasteiger partial charge < -0.3 is 49.1 Å². The summed E-state index contributed by atoms with van der Waals surface area (Å²) in [6, 6.07) is 43.3. The monoisotopic (exact) mass is 1760 g/mol. The Morgan fingerprint density at radius 3 is 1.13 bits per heavy atom. The zero-order chi connectivity index (χ0) is 90.8. The van der Waals surface area contributed by atoms with Gasteiger partial charge in [0.25, 0.3) is 0 Å². The minimum atomic E-state index is -0.328. The molecule has 0 aliphatic rings. The van der Waals surface area contributed by atoms with Gasteiger partial charge >= 0.3 is 0 Å². The normalized spacial score (nSPS) is 11.9. The van der Waals surface area contributed by atoms with Crippen molar-refractivity contribution in [1.82, 2.24) is 59.4 Å². The van der Waals surface area contributed by atoms with Crippen LogP contribution in [0.1, 0.15) is 193 Å². The highest BCUT2D eigenvalue weighted by Gasteiger charge is 2.25. The molecule has 0 fully saturated rings. The van der Waals surface area contributed by atoms with Crippen molar-refractivity contribution in [2.45, 2.75) is 239 Å². The molecular weight excluding hydrogens is 1640 g/mol. The van der Waals surface area contributed by atoms with Gasteiger partial charge in [-0.15, -0.1) is 34.0 Å². The van der Waals surface area contributed by atoms with Crippen LogP contribution in [-0.4, -0.2) is 126 Å². The maximum atomic E-state index is 6.55. The number of hydrogen-bond donors (Lipinski definition) is 3. The Labute approximate surface area is 753 Å². The van der Waals surface area contributed by atoms with Crippen LogP contribution in [0.25, 0.3) is 100 Å². The second kappa shape index (κ2) is 40.0. The second-order valence-electron chi connectivity index (χ2n) is 37.0. The highest BCUT2D eigenvalue weighted by Crippen LogP contribution is 2.41. The summed E-state index contributed by atoms with van der Waals surface area (Å²) in [5, 5.41) is 33.2. The number of rotatable bonds is 21. The highest BCUT2D eigenvalue weighted by molar-refractivity contribution is 7.14. The lowest BCUT2D eigenvalue weighted by atomic mass is 10.1. The molecule has 0 bridgehead atoms. The van der Waals surface area contributed by atoms with Crippen LogP contribution in [0.4, 0.5) is 15.4 Å². The van der Waals surface area contributed by atoms with Gasteiger partial charge in [0.05, 0.1) is 62.0 Å². The van der Waals surface area contributed by atoms with Gasteiger partial charge in [-0.2, -0.15) is 10.2 Å². The summed E-state index contributed by atoms with van der Waals surface area (Å²) in [5.74, 6) is 6.75. The van der Waals surface area contributed by atoms with Gasteiger partial charge in [-0.05, 0) is 268 Å². The van der Waals surface area contributed by atoms with Gasteiger partial charge in [-0.3, -0.25) is 0 Å². The van der Waals surface area contributed by atoms with Crippen LogP contribution < -0.4 is 44.4 Å². The number of thiazole rings is 3. The summed E-state index contributed by atoms with van der Waals surface area (Å²) < 4.78 is 45.4. The van der Waals surface area contributed by atoms with Gasteiger partial charge in [0, 0.05) is 123 Å². The highest BCUT2D eigenvalue weighted by atomic mass is 35.5. The summed E-state index contributed by atoms with van der Waals surface area (Å²) in [6.45, 7) is 56.7. The molecule has 15 rings (SSSR count). The first-order chi connectivity index (χ1) is 58.7. The van der Waals surface area contributed by atoms with E-state index >= 15 is 0 Å². The lowest BCUT2D eigenvalue weighted by Gasteiger charge is -2.23. The molecule has 26 heteroatoms. The van der Waals surface area contributed by atoms with Crippen molar-refractivity contribution < 1.29 is 33.2 Å². The number of aromatic nitrogens is 12. The third-order valence-electron chi connectivity index (χ3n) is 17.9. The Bertz CT molecular complexity index is 6180. The van der Waals surface area contributed by atoms with Crippen molar-refractivity contribution in [2.24, 2.45) is 0 Å². The molecular formula is C99H122ClN15O7S3. The molecule has 0 aliphatic carbocycles. The van der Waals surface area contributed by atoms with Crippen molar-refractivity contribution in [2.75, 3.05) is 36.3 Å². The third kappa shape index (κ3) is 27.0. The summed E-state index contributed by atoms with van der Waals surface area (Å²) in [5.41, 5.74) is 13.3. The van der Waals surface area contributed by atoms with E-state index in [9.17, 15) is 0 Å². The molecule has 660 valence electrons. The van der Waals surface area contributed by atoms with Crippen LogP contribution in [0.5, 0.6) is 34.5 Å². The standard InChI is InChI=1S/C22H29N3O3S.C20H24ClN3OS.C20H25N3OS.C20H25N3O.C17H19N3O/c1-14(2)23-21-25-19(13-29-21)18-12-20(28-22(3,4)5)16-8-7-15(11-17(16)24-18)27-10-9-26-6;1-11(2)22-19-24-15(10-26-19)14-9-16(25-20(4,5)6)13-8-7-12(3)17(21)18(13)23-14;1-12(2)21-19-23-17(11-25-19)16-10-18(24-20(4,5)6)14-8-7-13(3)9-15(14)22-16;1-13(2)16-9-10-23(22-16)19-12-18(24-20(4,5)6)15-8-7-14(3)11-17(15)21-19;1-12-6-7-13-14(10-12)19-16(20-9-5-8-18-20)11-15(13)21-17(2,3)4/h7-8,11-14H,9-10H2,1-6H3,(H,23,25);7-11H,1-6H3,(H,22,24);7-12H,1-6H3,(H,21,23);7-13H,1-6H3;5-11H,1-4H3. The maximum absolute atomic E-state index is 6.55. The Morgan fingerprint density at radius 2 is 0.752 bits per heavy atom. The number of aryl methyl sites for hydroxylation is 4. The van der Waals surface area contributed by atoms with Crippen LogP contribution in [0.2, 0.25) is 5.02 Å². The van der Waals surface area contributed by atoms with Gasteiger partial charge in [0.2, 0.25) is 0 Å². The van der Waals surface area contributed by atoms with Crippen molar-refractivity contribution in [1.29, 1.82) is 0 Å². The van der Waals surface area contributed by atoms with E-state index in [1.165, 1.54) is 16.7 Å². The molecule has 5 aromatic carbocycles. The molecule has 10 aromatic heterocycles. The van der Waals surface area contributed by atoms with E-state index in [4.69, 9.17) is 64.7 Å². The van der Waals surface area contributed by atoms with E-state index in [1.54, 1.807) is 52.0 Å². The lowest BCUT2D eigenvalue weighted by molar-refractivity contribution is 0.132. The zero-order valence-corrected chi connectivity index (χ0v) is 80.8. The molecule has 0 unspecified atom stereocenters. The van der Waals surface area contributed by atoms with E-state index < -0.39 is 0 Å². The molecule has 0 saturated carbocycles. The van der Waals surface area contributed by atoms with Crippen LogP contribution in [-0.2, 0) is 4.74 Å². The number of fused-ring (bicyclic) bond motifs is 5. The van der Waals surface area contributed by atoms with E-state index in [2.05, 4.69) is 218 Å². The minimum absolute atomic E-state index is 0.263. The van der Waals surface area contributed by atoms with E-state index in [1.807, 2.05) is 175 Å². The summed E-state index contributed by atoms with van der Waals surface area (Å²) in [7, 11) is 1.66. The smallest absolute Gasteiger partial charge is 0.183 e. The largest absolute Gasteiger partial charge is 0.491 e. The Balaban J connectivity index is 0.000000152. The fourth-order valence-electron chi connectivity index (χ4n) is 12.7. The van der Waals surface area contributed by atoms with Crippen LogP contribution >= 0.6 is 45.6 Å². The predicted molar refractivity (Wildman–Crippen MR) is 520 cm³/mol. The minimum Gasteiger partial charge on any atom is -0.491 e. The molecule has 3 N–H and O–H groups in total. The average Bonchev–Trinajstić information content (AvgIpc) is 1.77. The van der Waals surface area contributed by atoms with Gasteiger partial charge in [0.1, 0.15) is 86.2 Å². The predicted octanol–water partition coefficient (Wildman–Crippen LogP) is 26.3. The van der Waals surface area contributed by atoms with E-state index in [0.29, 0.717) is 42.3 Å². The van der Waals surface area contributed by atoms with Crippen LogP contribution in [0.3, 0.4) is 0 Å². The van der Waals surface area contributed by atoms with Crippen LogP contribution in [0.15, 0.2) is 162 Å². The number of benzene rings is 5. The van der Waals surface area contributed by atoms with Crippen molar-refractivity contribution in [3.8, 4) is 80.3 Å². The van der Waals surface area contributed by atoms with E-state index in [0.717, 1.165) is 161 Å². The Morgan fingerprint density at radius 1 is 0.384 bits per heavy atom. The van der Waals surface area contributed by atoms with Crippen molar-refractivity contribution in [3.05, 3.63) is 195 Å². The Kier molecular flexibility index (Phi) is 30.3. The second-order valence-corrected chi connectivity index (χ2v) is 40.0. The number of nitrogens with one attached hydrogen (secondary N) is 3. The molecule has 0 atom stereocenters. The molecule has 0 saturated heterocycles. The average molecular weight is 1770 g/mol. The van der Waals surface area contributed by atoms with Gasteiger partial charge in [-0.1, -0.05) is 49.7 Å². The fourth-order valence-corrected chi connectivity index (χ4v) is 15.5. The number of anilines is 3. The number of hydrogen-bond acceptors (Lipinski definition) is 23.